The fourth-order valence-electron chi connectivity index (χ4n) is 5.10. The molecule has 0 amide bonds. The number of fused-ring (bicyclic) bond motifs is 8. The summed E-state index contributed by atoms with van der Waals surface area (Å²) in [5.41, 5.74) is 12.0. The van der Waals surface area contributed by atoms with E-state index in [1.54, 1.807) is 0 Å². The number of hydrogen-bond donors (Lipinski definition) is 2. The van der Waals surface area contributed by atoms with Crippen LogP contribution in [0.15, 0.2) is 30.3 Å². The van der Waals surface area contributed by atoms with Crippen LogP contribution in [0.1, 0.15) is 72.6 Å². The third-order valence-corrected chi connectivity index (χ3v) is 7.24. The van der Waals surface area contributed by atoms with Crippen LogP contribution in [0.2, 0.25) is 0 Å². The molecule has 0 aliphatic carbocycles. The molecule has 1 radical (unpaired) electrons. The third kappa shape index (κ3) is 5.75. The van der Waals surface area contributed by atoms with Crippen molar-refractivity contribution in [2.24, 2.45) is 0 Å². The normalized spacial score (nSPS) is 12.8. The van der Waals surface area contributed by atoms with Gasteiger partial charge in [-0.1, -0.05) is 0 Å². The number of carbonyl (C=O) groups excluding carboxylic acids is 2. The number of allylic oxidation sites excluding steroid dienone is 3. The predicted molar refractivity (Wildman–Crippen MR) is 144 cm³/mol. The second kappa shape index (κ2) is 11.0. The number of carboxylic acids is 2. The number of rotatable bonds is 6. The van der Waals surface area contributed by atoms with Crippen LogP contribution in [0.25, 0.3) is 44.9 Å². The van der Waals surface area contributed by atoms with Crippen LogP contribution >= 0.6 is 0 Å². The fraction of sp³-hybridized carbons (Fsp3) is 0.267. The molecule has 5 heterocycles. The second-order valence-electron chi connectivity index (χ2n) is 9.93. The van der Waals surface area contributed by atoms with Gasteiger partial charge in [-0.05, 0) is 123 Å². The number of aromatic amines is 2. The Morgan fingerprint density at radius 2 is 1.46 bits per heavy atom. The molecule has 39 heavy (non-hydrogen) atoms. The maximum atomic E-state index is 11.3. The summed E-state index contributed by atoms with van der Waals surface area (Å²) in [4.78, 5) is 39.2. The molecule has 2 aliphatic heterocycles. The molecule has 8 nitrogen and oxygen atoms in total. The molecule has 0 atom stereocenters. The molecular formula is C30H28MnN4O4. The van der Waals surface area contributed by atoms with Crippen LogP contribution in [0.3, 0.4) is 0 Å². The number of hydrogen-bond acceptors (Lipinski definition) is 6. The van der Waals surface area contributed by atoms with E-state index in [9.17, 15) is 19.8 Å². The van der Waals surface area contributed by atoms with Crippen molar-refractivity contribution >= 4 is 56.8 Å². The Balaban J connectivity index is 0.00000353. The van der Waals surface area contributed by atoms with Crippen molar-refractivity contribution in [1.82, 2.24) is 19.9 Å². The Hall–Kier alpha value is -3.94. The number of nitrogens with one attached hydrogen (secondary N) is 2. The number of aromatic nitrogens is 4. The summed E-state index contributed by atoms with van der Waals surface area (Å²) in [6.07, 6.45) is 2.33. The molecule has 0 saturated heterocycles. The van der Waals surface area contributed by atoms with Crippen LogP contribution in [0.5, 0.6) is 0 Å². The first-order valence-corrected chi connectivity index (χ1v) is 12.6. The van der Waals surface area contributed by atoms with Gasteiger partial charge in [0.05, 0.1) is 22.8 Å². The van der Waals surface area contributed by atoms with E-state index in [1.165, 1.54) is 0 Å². The minimum absolute atomic E-state index is 0. The van der Waals surface area contributed by atoms with Gasteiger partial charge in [0, 0.05) is 34.0 Å². The quantitative estimate of drug-likeness (QED) is 0.440. The fourth-order valence-corrected chi connectivity index (χ4v) is 5.10. The van der Waals surface area contributed by atoms with Gasteiger partial charge in [0.25, 0.3) is 0 Å². The van der Waals surface area contributed by atoms with Gasteiger partial charge >= 0.3 is 17.1 Å². The van der Waals surface area contributed by atoms with Crippen LogP contribution in [0, 0.1) is 13.8 Å². The van der Waals surface area contributed by atoms with E-state index in [4.69, 9.17) is 9.97 Å². The van der Waals surface area contributed by atoms with E-state index in [-0.39, 0.29) is 42.8 Å². The van der Waals surface area contributed by atoms with Crippen LogP contribution in [-0.4, -0.2) is 31.9 Å². The molecule has 199 valence electrons. The van der Waals surface area contributed by atoms with Gasteiger partial charge in [0.2, 0.25) is 0 Å². The van der Waals surface area contributed by atoms with Crippen molar-refractivity contribution < 1.29 is 36.9 Å². The summed E-state index contributed by atoms with van der Waals surface area (Å²) >= 11 is 0. The predicted octanol–water partition coefficient (Wildman–Crippen LogP) is 3.63. The van der Waals surface area contributed by atoms with Crippen molar-refractivity contribution in [3.05, 3.63) is 69.8 Å². The molecule has 9 heteroatoms. The van der Waals surface area contributed by atoms with E-state index >= 15 is 0 Å². The Labute approximate surface area is 236 Å². The maximum Gasteiger partial charge on any atom is 2.00 e. The average Bonchev–Trinajstić information content (AvgIpc) is 3.53. The first kappa shape index (κ1) is 28.1. The van der Waals surface area contributed by atoms with Gasteiger partial charge in [-0.3, -0.25) is 0 Å². The summed E-state index contributed by atoms with van der Waals surface area (Å²) < 4.78 is 0. The van der Waals surface area contributed by atoms with E-state index < -0.39 is 11.9 Å². The van der Waals surface area contributed by atoms with Gasteiger partial charge in [-0.2, -0.15) is 0 Å². The number of H-pyrrole nitrogens is 2. The first-order chi connectivity index (χ1) is 18.1. The molecule has 2 aliphatic rings. The summed E-state index contributed by atoms with van der Waals surface area (Å²) in [7, 11) is 0. The Bertz CT molecular complexity index is 1730. The van der Waals surface area contributed by atoms with E-state index in [0.717, 1.165) is 72.6 Å². The first-order valence-electron chi connectivity index (χ1n) is 12.6. The minimum atomic E-state index is -1.13. The molecule has 0 saturated carbocycles. The van der Waals surface area contributed by atoms with Gasteiger partial charge in [0.1, 0.15) is 0 Å². The number of carbonyl (C=O) groups is 2. The Morgan fingerprint density at radius 3 is 2.18 bits per heavy atom. The molecule has 0 fully saturated rings. The van der Waals surface area contributed by atoms with Crippen molar-refractivity contribution in [2.75, 3.05) is 0 Å². The zero-order valence-electron chi connectivity index (χ0n) is 22.2. The van der Waals surface area contributed by atoms with E-state index in [2.05, 4.69) is 16.0 Å². The van der Waals surface area contributed by atoms with Crippen molar-refractivity contribution in [2.45, 2.75) is 53.4 Å². The smallest absolute Gasteiger partial charge is 0.550 e. The summed E-state index contributed by atoms with van der Waals surface area (Å²) in [6.45, 7) is 7.93. The molecular weight excluding hydrogens is 535 g/mol. The summed E-state index contributed by atoms with van der Waals surface area (Å²) in [6, 6.07) is 9.88. The summed E-state index contributed by atoms with van der Waals surface area (Å²) in [5, 5.41) is 22.6. The number of aryl methyl sites for hydroxylation is 3. The topological polar surface area (TPSA) is 138 Å². The van der Waals surface area contributed by atoms with Gasteiger partial charge in [-0.15, -0.1) is 0 Å². The SMILES string of the molecule is CC1=Cc2cc3[nH]c(cc4nc(cc5[nH]c(cc1n2)cc5C)C(C)=C4CCC(=O)[O-])c(CCC(=O)[O-])c3C.[Mn+2]. The van der Waals surface area contributed by atoms with E-state index in [0.29, 0.717) is 5.69 Å². The largest absolute Gasteiger partial charge is 2.00 e. The number of nitrogens with zero attached hydrogens (tertiary/aromatic N) is 2. The molecule has 8 bridgehead atoms. The minimum Gasteiger partial charge on any atom is -0.550 e. The number of aliphatic carboxylic acids is 2. The Morgan fingerprint density at radius 1 is 0.769 bits per heavy atom. The van der Waals surface area contributed by atoms with E-state index in [1.807, 2.05) is 58.0 Å². The van der Waals surface area contributed by atoms with Gasteiger partial charge in [0.15, 0.2) is 0 Å². The molecule has 0 aromatic carbocycles. The molecule has 2 N–H and O–H groups in total. The van der Waals surface area contributed by atoms with Crippen LogP contribution in [0.4, 0.5) is 0 Å². The average molecular weight is 564 g/mol. The van der Waals surface area contributed by atoms with Gasteiger partial charge < -0.3 is 29.8 Å². The standard InChI is InChI=1S/C30H30N4O4.Mn/c1-15-9-20-12-25-17(3)21(5-7-29(35)36)27(33-25)14-28-22(6-8-30(37)38)18(4)26(34-28)13-24-16(2)10-19(32-24)11-23(15)31-20;/h9-14,32-33H,5-8H2,1-4H3,(H,35,36)(H,37,38);/q;+2/p-2. The van der Waals surface area contributed by atoms with Crippen molar-refractivity contribution in [3.8, 4) is 0 Å². The monoisotopic (exact) mass is 563 g/mol. The molecule has 3 aromatic rings. The van der Waals surface area contributed by atoms with Crippen molar-refractivity contribution in [1.29, 1.82) is 0 Å². The molecule has 0 unspecified atom stereocenters. The zero-order chi connectivity index (χ0) is 27.1. The van der Waals surface area contributed by atoms with Crippen LogP contribution in [-0.2, 0) is 33.1 Å². The molecule has 5 rings (SSSR count). The molecule has 0 spiro atoms. The maximum absolute atomic E-state index is 11.3. The number of carboxylic acid groups (broad SMARTS) is 2. The summed E-state index contributed by atoms with van der Waals surface area (Å²) in [5.74, 6) is -2.25. The second-order valence-corrected chi connectivity index (χ2v) is 9.93. The third-order valence-electron chi connectivity index (χ3n) is 7.24. The van der Waals surface area contributed by atoms with Crippen LogP contribution < -0.4 is 10.2 Å². The van der Waals surface area contributed by atoms with Crippen molar-refractivity contribution in [3.63, 3.8) is 0 Å². The van der Waals surface area contributed by atoms with Gasteiger partial charge in [-0.25, -0.2) is 9.97 Å². The zero-order valence-corrected chi connectivity index (χ0v) is 23.4. The molecule has 3 aromatic heterocycles. The Kier molecular flexibility index (Phi) is 7.95.